The molecule has 0 saturated carbocycles. The van der Waals surface area contributed by atoms with Crippen LogP contribution in [0.25, 0.3) is 0 Å². The van der Waals surface area contributed by atoms with Crippen LogP contribution in [-0.4, -0.2) is 70.7 Å². The third-order valence-corrected chi connectivity index (χ3v) is 14.7. The molecule has 2 N–H and O–H groups in total. The first-order valence-electron chi connectivity index (χ1n) is 23.2. The zero-order valence-electron chi connectivity index (χ0n) is 38.2. The normalized spacial score (nSPS) is 33.9. The Morgan fingerprint density at radius 2 is 1.23 bits per heavy atom. The monoisotopic (exact) mass is 837 g/mol. The fraction of sp³-hybridized carbons (Fsp3) is 0.760. The second-order valence-corrected chi connectivity index (χ2v) is 20.5. The van der Waals surface area contributed by atoms with Gasteiger partial charge in [-0.3, -0.25) is 19.2 Å². The summed E-state index contributed by atoms with van der Waals surface area (Å²) in [5.74, 6) is 0.0528. The number of aliphatic hydroxyl groups is 2. The van der Waals surface area contributed by atoms with Gasteiger partial charge in [0, 0.05) is 18.3 Å². The van der Waals surface area contributed by atoms with E-state index in [1.54, 1.807) is 0 Å². The van der Waals surface area contributed by atoms with Crippen molar-refractivity contribution in [3.8, 4) is 0 Å². The molecule has 0 amide bonds. The van der Waals surface area contributed by atoms with Crippen molar-refractivity contribution in [2.45, 2.75) is 183 Å². The van der Waals surface area contributed by atoms with E-state index >= 15 is 0 Å². The van der Waals surface area contributed by atoms with Crippen molar-refractivity contribution >= 4 is 23.9 Å². The Kier molecular flexibility index (Phi) is 16.2. The zero-order chi connectivity index (χ0) is 44.1. The number of aliphatic hydroxyl groups excluding tert-OH is 2. The fourth-order valence-electron chi connectivity index (χ4n) is 10.1. The van der Waals surface area contributed by atoms with Crippen LogP contribution < -0.4 is 0 Å². The Hall–Kier alpha value is -3.24. The molecule has 1 fully saturated rings. The Morgan fingerprint density at radius 3 is 1.73 bits per heavy atom. The van der Waals surface area contributed by atoms with E-state index in [-0.39, 0.29) is 90.8 Å². The van der Waals surface area contributed by atoms with Crippen molar-refractivity contribution in [3.05, 3.63) is 47.6 Å². The van der Waals surface area contributed by atoms with Gasteiger partial charge in [-0.1, -0.05) is 78.0 Å². The number of rotatable bonds is 17. The summed E-state index contributed by atoms with van der Waals surface area (Å²) in [7, 11) is 0. The van der Waals surface area contributed by atoms with Crippen molar-refractivity contribution in [3.63, 3.8) is 0 Å². The average Bonchev–Trinajstić information content (AvgIpc) is 3.16. The Balaban J connectivity index is 1.11. The molecule has 0 bridgehead atoms. The molecule has 1 saturated heterocycles. The first-order chi connectivity index (χ1) is 28.2. The summed E-state index contributed by atoms with van der Waals surface area (Å²) >= 11 is 0. The van der Waals surface area contributed by atoms with Crippen molar-refractivity contribution in [1.29, 1.82) is 0 Å². The lowest BCUT2D eigenvalue weighted by molar-refractivity contribution is -0.172. The summed E-state index contributed by atoms with van der Waals surface area (Å²) in [6.45, 7) is 20.3. The molecule has 10 heteroatoms. The van der Waals surface area contributed by atoms with E-state index in [0.717, 1.165) is 19.3 Å². The van der Waals surface area contributed by atoms with Crippen molar-refractivity contribution < 1.29 is 48.3 Å². The molecule has 1 aliphatic heterocycles. The SMILES string of the molecule is CCC(C)(C)C(=O)O[C@H]1C[C@@H](C)C=C2C=C[C@H](C)[C@H](CC[C@@H](O)C[C@@H](O)CC(=O)O[C@H]3CC(=O)O[C@H](CC[C@@H]4[C@@H]5C(=C[C@H](C)C[C@@H]5OC(=O)C(C)(C)CC)C=C[C@@H]4C)C3)[C@@H]21. The van der Waals surface area contributed by atoms with Gasteiger partial charge in [0.15, 0.2) is 0 Å². The molecule has 0 spiro atoms. The number of allylic oxidation sites excluding steroid dienone is 6. The Morgan fingerprint density at radius 1 is 0.733 bits per heavy atom. The summed E-state index contributed by atoms with van der Waals surface area (Å²) in [5.41, 5.74) is 1.26. The van der Waals surface area contributed by atoms with Crippen LogP contribution >= 0.6 is 0 Å². The van der Waals surface area contributed by atoms with Gasteiger partial charge in [-0.2, -0.15) is 0 Å². The molecule has 336 valence electrons. The fourth-order valence-corrected chi connectivity index (χ4v) is 10.1. The summed E-state index contributed by atoms with van der Waals surface area (Å²) in [4.78, 5) is 52.3. The maximum absolute atomic E-state index is 13.2. The Bertz CT molecular complexity index is 1650. The number of fused-ring (bicyclic) bond motifs is 2. The van der Waals surface area contributed by atoms with E-state index < -0.39 is 47.2 Å². The minimum atomic E-state index is -1.11. The zero-order valence-corrected chi connectivity index (χ0v) is 38.2. The van der Waals surface area contributed by atoms with Gasteiger partial charge in [0.05, 0.1) is 35.9 Å². The van der Waals surface area contributed by atoms with Crippen LogP contribution in [0.3, 0.4) is 0 Å². The number of carbonyl (C=O) groups is 4. The number of ether oxygens (including phenoxy) is 4. The molecule has 60 heavy (non-hydrogen) atoms. The quantitative estimate of drug-likeness (QED) is 0.107. The molecule has 0 aromatic carbocycles. The molecular weight excluding hydrogens is 761 g/mol. The second-order valence-electron chi connectivity index (χ2n) is 20.5. The highest BCUT2D eigenvalue weighted by molar-refractivity contribution is 5.76. The van der Waals surface area contributed by atoms with E-state index in [4.69, 9.17) is 18.9 Å². The van der Waals surface area contributed by atoms with Crippen molar-refractivity contribution in [1.82, 2.24) is 0 Å². The number of carbonyl (C=O) groups excluding carboxylic acids is 4. The van der Waals surface area contributed by atoms with Gasteiger partial charge in [-0.05, 0) is 132 Å². The molecule has 0 aromatic heterocycles. The summed E-state index contributed by atoms with van der Waals surface area (Å²) in [6.07, 6.45) is 15.2. The minimum Gasteiger partial charge on any atom is -0.462 e. The molecule has 14 atom stereocenters. The van der Waals surface area contributed by atoms with Crippen LogP contribution in [0.15, 0.2) is 47.6 Å². The molecule has 10 nitrogen and oxygen atoms in total. The first-order valence-corrected chi connectivity index (χ1v) is 23.2. The minimum absolute atomic E-state index is 0.0194. The number of hydrogen-bond donors (Lipinski definition) is 2. The van der Waals surface area contributed by atoms with E-state index in [1.165, 1.54) is 11.1 Å². The third kappa shape index (κ3) is 12.0. The van der Waals surface area contributed by atoms with Crippen LogP contribution in [0.4, 0.5) is 0 Å². The highest BCUT2D eigenvalue weighted by Gasteiger charge is 2.45. The lowest BCUT2D eigenvalue weighted by Gasteiger charge is -2.44. The molecule has 4 aliphatic carbocycles. The van der Waals surface area contributed by atoms with Crippen LogP contribution in [0.1, 0.15) is 146 Å². The second kappa shape index (κ2) is 20.3. The van der Waals surface area contributed by atoms with Crippen LogP contribution in [-0.2, 0) is 38.1 Å². The third-order valence-electron chi connectivity index (χ3n) is 14.7. The van der Waals surface area contributed by atoms with Crippen molar-refractivity contribution in [2.75, 3.05) is 0 Å². The highest BCUT2D eigenvalue weighted by atomic mass is 16.6. The molecule has 0 unspecified atom stereocenters. The lowest BCUT2D eigenvalue weighted by Crippen LogP contribution is -2.43. The van der Waals surface area contributed by atoms with Crippen LogP contribution in [0.2, 0.25) is 0 Å². The Labute approximate surface area is 360 Å². The molecule has 0 aromatic rings. The number of hydrogen-bond acceptors (Lipinski definition) is 10. The van der Waals surface area contributed by atoms with Gasteiger partial charge in [-0.25, -0.2) is 0 Å². The van der Waals surface area contributed by atoms with Crippen molar-refractivity contribution in [2.24, 2.45) is 58.2 Å². The van der Waals surface area contributed by atoms with E-state index in [9.17, 15) is 29.4 Å². The number of cyclic esters (lactones) is 1. The highest BCUT2D eigenvalue weighted by Crippen LogP contribution is 2.47. The van der Waals surface area contributed by atoms with Gasteiger partial charge in [0.1, 0.15) is 24.4 Å². The predicted octanol–water partition coefficient (Wildman–Crippen LogP) is 9.17. The van der Waals surface area contributed by atoms with E-state index in [2.05, 4.69) is 64.2 Å². The maximum Gasteiger partial charge on any atom is 0.311 e. The smallest absolute Gasteiger partial charge is 0.311 e. The predicted molar refractivity (Wildman–Crippen MR) is 231 cm³/mol. The van der Waals surface area contributed by atoms with Gasteiger partial charge in [0.2, 0.25) is 0 Å². The molecule has 5 aliphatic rings. The van der Waals surface area contributed by atoms with E-state index in [1.807, 2.05) is 41.5 Å². The van der Waals surface area contributed by atoms with Gasteiger partial charge in [-0.15, -0.1) is 0 Å². The molecule has 0 radical (unpaired) electrons. The number of esters is 4. The maximum atomic E-state index is 13.2. The van der Waals surface area contributed by atoms with Crippen LogP contribution in [0.5, 0.6) is 0 Å². The van der Waals surface area contributed by atoms with Gasteiger partial charge < -0.3 is 29.2 Å². The topological polar surface area (TPSA) is 146 Å². The molecule has 1 heterocycles. The standard InChI is InChI=1S/C50H76O10/c1-11-49(7,8)47(55)59-41-23-29(3)21-33-15-13-31(5)39(45(33)41)19-17-35(51)25-36(52)26-43(53)58-38-27-37(57-44(54)28-38)18-20-40-32(6)14-16-34-22-30(4)24-42(46(34)40)60-48(56)50(9,10)12-2/h13-16,21-22,29-32,35-42,45-46,51-52H,11-12,17-20,23-28H2,1-10H3/t29-,30-,31-,32-,35+,36+,37+,38+,39-,40-,41-,42-,45+,46-/m0/s1. The van der Waals surface area contributed by atoms with Gasteiger partial charge >= 0.3 is 23.9 Å². The first kappa shape index (κ1) is 47.8. The summed E-state index contributed by atoms with van der Waals surface area (Å²) in [6, 6.07) is 0. The lowest BCUT2D eigenvalue weighted by atomic mass is 9.65. The largest absolute Gasteiger partial charge is 0.462 e. The van der Waals surface area contributed by atoms with Crippen LogP contribution in [0, 0.1) is 58.2 Å². The molecule has 5 rings (SSSR count). The average molecular weight is 837 g/mol. The van der Waals surface area contributed by atoms with Gasteiger partial charge in [0.25, 0.3) is 0 Å². The summed E-state index contributed by atoms with van der Waals surface area (Å²) < 4.78 is 24.0. The molecular formula is C50H76O10. The summed E-state index contributed by atoms with van der Waals surface area (Å²) in [5, 5.41) is 22.0. The van der Waals surface area contributed by atoms with E-state index in [0.29, 0.717) is 38.5 Å².